The largest absolute Gasteiger partial charge is 0.465 e. The Kier molecular flexibility index (Phi) is 4.41. The van der Waals surface area contributed by atoms with Crippen LogP contribution in [0.5, 0.6) is 0 Å². The van der Waals surface area contributed by atoms with Crippen LogP contribution in [-0.4, -0.2) is 18.3 Å². The van der Waals surface area contributed by atoms with E-state index < -0.39 is 0 Å². The van der Waals surface area contributed by atoms with Crippen molar-refractivity contribution >= 4 is 7.12 Å². The zero-order valence-electron chi connectivity index (χ0n) is 13.1. The minimum absolute atomic E-state index is 0.193. The van der Waals surface area contributed by atoms with Gasteiger partial charge in [0.05, 0.1) is 11.2 Å². The third-order valence-electron chi connectivity index (χ3n) is 4.53. The van der Waals surface area contributed by atoms with Crippen molar-refractivity contribution in [1.82, 2.24) is 0 Å². The highest BCUT2D eigenvalue weighted by Crippen LogP contribution is 2.41. The first-order valence-electron chi connectivity index (χ1n) is 7.38. The summed E-state index contributed by atoms with van der Waals surface area (Å²) in [5.41, 5.74) is 0.799. The van der Waals surface area contributed by atoms with Crippen LogP contribution < -0.4 is 0 Å². The Bertz CT molecular complexity index is 437. The maximum absolute atomic E-state index is 6.11. The van der Waals surface area contributed by atoms with Gasteiger partial charge in [-0.15, -0.1) is 6.58 Å². The maximum Gasteiger partial charge on any atom is 0.465 e. The van der Waals surface area contributed by atoms with E-state index in [2.05, 4.69) is 58.5 Å². The molecular weight excluding hydrogens is 247 g/mol. The second-order valence-corrected chi connectivity index (χ2v) is 6.55. The monoisotopic (exact) mass is 272 g/mol. The van der Waals surface area contributed by atoms with E-state index in [9.17, 15) is 0 Å². The molecule has 0 radical (unpaired) electrons. The number of benzene rings is 1. The Morgan fingerprint density at radius 3 is 2.15 bits per heavy atom. The molecule has 1 aromatic carbocycles. The molecule has 0 bridgehead atoms. The average molecular weight is 272 g/mol. The van der Waals surface area contributed by atoms with Crippen molar-refractivity contribution in [1.29, 1.82) is 0 Å². The quantitative estimate of drug-likeness (QED) is 0.588. The zero-order chi connectivity index (χ0) is 14.8. The molecule has 1 aliphatic heterocycles. The van der Waals surface area contributed by atoms with Crippen LogP contribution >= 0.6 is 0 Å². The van der Waals surface area contributed by atoms with E-state index in [0.29, 0.717) is 0 Å². The molecule has 0 unspecified atom stereocenters. The first-order valence-corrected chi connectivity index (χ1v) is 7.38. The molecule has 1 atom stereocenters. The maximum atomic E-state index is 6.11. The fraction of sp³-hybridized carbons (Fsp3) is 0.529. The SMILES string of the molecule is C=C[C@H](CCc1ccccc1)B1OC(C)(C)C(C)(C)O1. The van der Waals surface area contributed by atoms with E-state index >= 15 is 0 Å². The molecule has 1 aliphatic rings. The Hall–Kier alpha value is -1.06. The van der Waals surface area contributed by atoms with Crippen molar-refractivity contribution < 1.29 is 9.31 Å². The summed E-state index contributed by atoms with van der Waals surface area (Å²) in [6, 6.07) is 10.5. The fourth-order valence-corrected chi connectivity index (χ4v) is 2.41. The molecule has 0 aliphatic carbocycles. The van der Waals surface area contributed by atoms with Crippen molar-refractivity contribution in [3.63, 3.8) is 0 Å². The molecule has 0 aromatic heterocycles. The standard InChI is InChI=1S/C17H25BO2/c1-6-15(13-12-14-10-8-7-9-11-14)18-19-16(2,3)17(4,5)20-18/h6-11,15H,1,12-13H2,2-5H3/t15-/m1/s1. The summed E-state index contributed by atoms with van der Waals surface area (Å²) in [6.45, 7) is 12.3. The number of rotatable bonds is 5. The van der Waals surface area contributed by atoms with Crippen LogP contribution in [0.3, 0.4) is 0 Å². The van der Waals surface area contributed by atoms with Crippen molar-refractivity contribution in [2.75, 3.05) is 0 Å². The van der Waals surface area contributed by atoms with Gasteiger partial charge in [0.15, 0.2) is 0 Å². The van der Waals surface area contributed by atoms with Crippen LogP contribution in [0.15, 0.2) is 43.0 Å². The summed E-state index contributed by atoms with van der Waals surface area (Å²) in [6.07, 6.45) is 3.97. The summed E-state index contributed by atoms with van der Waals surface area (Å²) in [5, 5.41) is 0. The predicted molar refractivity (Wildman–Crippen MR) is 84.8 cm³/mol. The molecule has 0 saturated carbocycles. The van der Waals surface area contributed by atoms with Gasteiger partial charge in [0.2, 0.25) is 0 Å². The Morgan fingerprint density at radius 1 is 1.10 bits per heavy atom. The Labute approximate surface area is 123 Å². The summed E-state index contributed by atoms with van der Waals surface area (Å²) in [4.78, 5) is 0. The molecular formula is C17H25BO2. The third kappa shape index (κ3) is 3.16. The molecule has 2 nitrogen and oxygen atoms in total. The Morgan fingerprint density at radius 2 is 1.65 bits per heavy atom. The number of allylic oxidation sites excluding steroid dienone is 1. The topological polar surface area (TPSA) is 18.5 Å². The minimum atomic E-state index is -0.272. The van der Waals surface area contributed by atoms with Gasteiger partial charge in [0.25, 0.3) is 0 Å². The number of aryl methyl sites for hydroxylation is 1. The molecule has 1 fully saturated rings. The lowest BCUT2D eigenvalue weighted by Gasteiger charge is -2.32. The van der Waals surface area contributed by atoms with E-state index in [1.807, 2.05) is 12.1 Å². The highest BCUT2D eigenvalue weighted by Gasteiger charge is 2.52. The van der Waals surface area contributed by atoms with Crippen molar-refractivity contribution in [3.05, 3.63) is 48.6 Å². The van der Waals surface area contributed by atoms with Gasteiger partial charge in [0.1, 0.15) is 0 Å². The van der Waals surface area contributed by atoms with Crippen LogP contribution in [0.1, 0.15) is 39.7 Å². The molecule has 0 amide bonds. The summed E-state index contributed by atoms with van der Waals surface area (Å²) < 4.78 is 12.2. The first-order chi connectivity index (χ1) is 9.36. The molecule has 108 valence electrons. The highest BCUT2D eigenvalue weighted by molar-refractivity contribution is 6.48. The molecule has 2 rings (SSSR count). The fourth-order valence-electron chi connectivity index (χ4n) is 2.41. The van der Waals surface area contributed by atoms with Gasteiger partial charge in [-0.25, -0.2) is 0 Å². The van der Waals surface area contributed by atoms with E-state index in [1.165, 1.54) is 5.56 Å². The van der Waals surface area contributed by atoms with E-state index in [4.69, 9.17) is 9.31 Å². The van der Waals surface area contributed by atoms with Crippen LogP contribution in [0.25, 0.3) is 0 Å². The van der Waals surface area contributed by atoms with Gasteiger partial charge >= 0.3 is 7.12 Å². The molecule has 20 heavy (non-hydrogen) atoms. The molecule has 1 aromatic rings. The van der Waals surface area contributed by atoms with Gasteiger partial charge in [0, 0.05) is 5.82 Å². The molecule has 1 heterocycles. The van der Waals surface area contributed by atoms with Gasteiger partial charge in [-0.2, -0.15) is 0 Å². The minimum Gasteiger partial charge on any atom is -0.403 e. The van der Waals surface area contributed by atoms with Crippen LogP contribution in [-0.2, 0) is 15.7 Å². The van der Waals surface area contributed by atoms with Gasteiger partial charge < -0.3 is 9.31 Å². The highest BCUT2D eigenvalue weighted by atomic mass is 16.7. The lowest BCUT2D eigenvalue weighted by atomic mass is 9.69. The molecule has 0 N–H and O–H groups in total. The van der Waals surface area contributed by atoms with Gasteiger partial charge in [-0.1, -0.05) is 36.4 Å². The molecule has 1 saturated heterocycles. The zero-order valence-corrected chi connectivity index (χ0v) is 13.1. The first kappa shape index (κ1) is 15.3. The van der Waals surface area contributed by atoms with E-state index in [1.54, 1.807) is 0 Å². The normalized spacial score (nSPS) is 21.7. The number of hydrogen-bond acceptors (Lipinski definition) is 2. The molecule has 3 heteroatoms. The molecule has 0 spiro atoms. The van der Waals surface area contributed by atoms with Gasteiger partial charge in [-0.05, 0) is 46.1 Å². The van der Waals surface area contributed by atoms with E-state index in [0.717, 1.165) is 12.8 Å². The van der Waals surface area contributed by atoms with Crippen molar-refractivity contribution in [2.45, 2.75) is 57.6 Å². The summed E-state index contributed by atoms with van der Waals surface area (Å²) in [7, 11) is -0.193. The van der Waals surface area contributed by atoms with E-state index in [-0.39, 0.29) is 24.1 Å². The third-order valence-corrected chi connectivity index (χ3v) is 4.53. The second kappa shape index (κ2) is 5.75. The number of hydrogen-bond donors (Lipinski definition) is 0. The summed E-state index contributed by atoms with van der Waals surface area (Å²) >= 11 is 0. The van der Waals surface area contributed by atoms with Crippen LogP contribution in [0, 0.1) is 0 Å². The second-order valence-electron chi connectivity index (χ2n) is 6.55. The van der Waals surface area contributed by atoms with Crippen LogP contribution in [0.4, 0.5) is 0 Å². The van der Waals surface area contributed by atoms with Crippen molar-refractivity contribution in [2.24, 2.45) is 0 Å². The van der Waals surface area contributed by atoms with Gasteiger partial charge in [-0.3, -0.25) is 0 Å². The summed E-state index contributed by atoms with van der Waals surface area (Å²) in [5.74, 6) is 0.219. The van der Waals surface area contributed by atoms with Crippen molar-refractivity contribution in [3.8, 4) is 0 Å². The average Bonchev–Trinajstić information content (AvgIpc) is 2.60. The Balaban J connectivity index is 1.98. The lowest BCUT2D eigenvalue weighted by molar-refractivity contribution is 0.00578. The predicted octanol–water partition coefficient (Wildman–Crippen LogP) is 4.27. The van der Waals surface area contributed by atoms with Crippen LogP contribution in [0.2, 0.25) is 5.82 Å². The lowest BCUT2D eigenvalue weighted by Crippen LogP contribution is -2.41. The smallest absolute Gasteiger partial charge is 0.403 e.